The van der Waals surface area contributed by atoms with E-state index in [-0.39, 0.29) is 23.6 Å². The highest BCUT2D eigenvalue weighted by molar-refractivity contribution is 6.29. The van der Waals surface area contributed by atoms with E-state index in [1.165, 1.54) is 41.3 Å². The van der Waals surface area contributed by atoms with Crippen LogP contribution in [0.5, 0.6) is 0 Å². The Kier molecular flexibility index (Phi) is 7.14. The van der Waals surface area contributed by atoms with Gasteiger partial charge in [-0.3, -0.25) is 4.68 Å². The average Bonchev–Trinajstić information content (AvgIpc) is 3.50. The first-order valence-corrected chi connectivity index (χ1v) is 10.7. The van der Waals surface area contributed by atoms with E-state index in [1.807, 2.05) is 5.32 Å². The van der Waals surface area contributed by atoms with Crippen LogP contribution in [0.4, 0.5) is 27.8 Å². The third kappa shape index (κ3) is 5.24. The van der Waals surface area contributed by atoms with E-state index in [9.17, 15) is 32.2 Å². The molecule has 10 nitrogen and oxygen atoms in total. The Labute approximate surface area is 209 Å². The Hall–Kier alpha value is -3.66. The second-order valence-electron chi connectivity index (χ2n) is 7.77. The molecular formula is C21H17ClF5N7O3. The molecule has 196 valence electrons. The van der Waals surface area contributed by atoms with Crippen molar-refractivity contribution in [3.05, 3.63) is 65.0 Å². The van der Waals surface area contributed by atoms with Crippen LogP contribution >= 0.6 is 11.6 Å². The third-order valence-electron chi connectivity index (χ3n) is 5.30. The van der Waals surface area contributed by atoms with Crippen LogP contribution in [0, 0.1) is 11.6 Å². The summed E-state index contributed by atoms with van der Waals surface area (Å²) in [5, 5.41) is 28.4. The zero-order valence-corrected chi connectivity index (χ0v) is 19.2. The minimum absolute atomic E-state index is 0.0239. The molecule has 0 spiro atoms. The van der Waals surface area contributed by atoms with E-state index in [0.717, 1.165) is 0 Å². The highest BCUT2D eigenvalue weighted by Gasteiger charge is 2.57. The van der Waals surface area contributed by atoms with Crippen molar-refractivity contribution in [3.63, 3.8) is 0 Å². The number of aromatic nitrogens is 5. The van der Waals surface area contributed by atoms with Gasteiger partial charge in [-0.15, -0.1) is 0 Å². The van der Waals surface area contributed by atoms with E-state index >= 15 is 0 Å². The van der Waals surface area contributed by atoms with Crippen LogP contribution in [0.25, 0.3) is 22.9 Å². The second-order valence-corrected chi connectivity index (χ2v) is 8.13. The van der Waals surface area contributed by atoms with Crippen LogP contribution in [0.3, 0.4) is 0 Å². The summed E-state index contributed by atoms with van der Waals surface area (Å²) in [6.45, 7) is -1.54. The molecule has 3 aromatic heterocycles. The van der Waals surface area contributed by atoms with Crippen molar-refractivity contribution in [2.24, 2.45) is 5.73 Å². The van der Waals surface area contributed by atoms with Crippen LogP contribution in [-0.2, 0) is 6.54 Å². The fourth-order valence-electron chi connectivity index (χ4n) is 3.23. The molecule has 5 N–H and O–H groups in total. The third-order valence-corrected chi connectivity index (χ3v) is 5.55. The largest absolute Gasteiger partial charge is 0.422 e. The first kappa shape index (κ1) is 26.4. The fraction of sp³-hybridized carbons (Fsp3) is 0.238. The number of alkyl halides is 3. The van der Waals surface area contributed by atoms with Gasteiger partial charge in [0.25, 0.3) is 0 Å². The van der Waals surface area contributed by atoms with Crippen molar-refractivity contribution >= 4 is 17.4 Å². The maximum atomic E-state index is 14.5. The van der Waals surface area contributed by atoms with Crippen molar-refractivity contribution in [3.8, 4) is 22.9 Å². The quantitative estimate of drug-likeness (QED) is 0.149. The number of nitrogens with two attached hydrogens (primary N) is 1. The maximum Gasteiger partial charge on any atom is 0.422 e. The van der Waals surface area contributed by atoms with Crippen LogP contribution in [-0.4, -0.2) is 59.7 Å². The molecule has 0 saturated carbocycles. The Morgan fingerprint density at radius 2 is 1.86 bits per heavy atom. The summed E-state index contributed by atoms with van der Waals surface area (Å²) < 4.78 is 74.7. The first-order valence-electron chi connectivity index (χ1n) is 10.3. The van der Waals surface area contributed by atoms with Crippen molar-refractivity contribution in [1.29, 1.82) is 0 Å². The normalized spacial score (nSPS) is 14.4. The van der Waals surface area contributed by atoms with Crippen molar-refractivity contribution in [1.82, 2.24) is 24.9 Å². The Balaban J connectivity index is 1.73. The minimum Gasteiger partial charge on any atom is -0.376 e. The molecule has 0 aliphatic heterocycles. The number of benzene rings is 1. The smallest absolute Gasteiger partial charge is 0.376 e. The lowest BCUT2D eigenvalue weighted by Gasteiger charge is -2.32. The van der Waals surface area contributed by atoms with Crippen molar-refractivity contribution in [2.45, 2.75) is 24.6 Å². The van der Waals surface area contributed by atoms with Gasteiger partial charge >= 0.3 is 6.18 Å². The highest BCUT2D eigenvalue weighted by Crippen LogP contribution is 2.33. The van der Waals surface area contributed by atoms with Gasteiger partial charge in [0.2, 0.25) is 11.4 Å². The molecule has 37 heavy (non-hydrogen) atoms. The molecule has 0 bridgehead atoms. The fourth-order valence-corrected chi connectivity index (χ4v) is 3.40. The average molecular weight is 546 g/mol. The van der Waals surface area contributed by atoms with Gasteiger partial charge in [-0.05, 0) is 12.1 Å². The lowest BCUT2D eigenvalue weighted by molar-refractivity contribution is -0.283. The number of rotatable bonds is 8. The Bertz CT molecular complexity index is 1400. The maximum absolute atomic E-state index is 14.5. The molecule has 4 aromatic rings. The number of nitrogens with zero attached hydrogens (tertiary/aromatic N) is 5. The SMILES string of the molecule is NC(O)C(O)(CNc1nc(-c2cc(-c3ccon3)n(Cc3ccccc3F)n2)nc(Cl)c1F)C(F)(F)F. The summed E-state index contributed by atoms with van der Waals surface area (Å²) in [5.74, 6) is -2.99. The van der Waals surface area contributed by atoms with Gasteiger partial charge in [0.15, 0.2) is 16.8 Å². The number of hydrogen-bond donors (Lipinski definition) is 4. The molecule has 0 amide bonds. The number of anilines is 1. The van der Waals surface area contributed by atoms with E-state index in [1.54, 1.807) is 6.07 Å². The van der Waals surface area contributed by atoms with Gasteiger partial charge in [0.1, 0.15) is 29.7 Å². The summed E-state index contributed by atoms with van der Waals surface area (Å²) in [6, 6.07) is 8.83. The molecule has 0 saturated heterocycles. The molecular weight excluding hydrogens is 529 g/mol. The van der Waals surface area contributed by atoms with E-state index < -0.39 is 47.2 Å². The van der Waals surface area contributed by atoms with Crippen molar-refractivity contribution in [2.75, 3.05) is 11.9 Å². The Morgan fingerprint density at radius 3 is 2.49 bits per heavy atom. The second kappa shape index (κ2) is 10.0. The molecule has 2 atom stereocenters. The summed E-state index contributed by atoms with van der Waals surface area (Å²) in [7, 11) is 0. The topological polar surface area (TPSA) is 148 Å². The summed E-state index contributed by atoms with van der Waals surface area (Å²) in [5.41, 5.74) is 1.93. The predicted molar refractivity (Wildman–Crippen MR) is 119 cm³/mol. The first-order chi connectivity index (χ1) is 17.4. The summed E-state index contributed by atoms with van der Waals surface area (Å²) in [6.07, 6.45) is -6.84. The van der Waals surface area contributed by atoms with Crippen LogP contribution in [0.15, 0.2) is 47.2 Å². The molecule has 2 unspecified atom stereocenters. The van der Waals surface area contributed by atoms with Crippen LogP contribution in [0.1, 0.15) is 5.56 Å². The molecule has 3 heterocycles. The summed E-state index contributed by atoms with van der Waals surface area (Å²) in [4.78, 5) is 7.61. The molecule has 0 radical (unpaired) electrons. The van der Waals surface area contributed by atoms with Crippen LogP contribution in [0.2, 0.25) is 5.15 Å². The molecule has 0 fully saturated rings. The Morgan fingerprint density at radius 1 is 1.14 bits per heavy atom. The number of halogens is 6. The van der Waals surface area contributed by atoms with Crippen molar-refractivity contribution < 1.29 is 36.7 Å². The highest BCUT2D eigenvalue weighted by atomic mass is 35.5. The minimum atomic E-state index is -5.37. The van der Waals surface area contributed by atoms with Gasteiger partial charge in [-0.2, -0.15) is 22.7 Å². The molecule has 0 aliphatic carbocycles. The van der Waals surface area contributed by atoms with Gasteiger partial charge < -0.3 is 25.8 Å². The standard InChI is InChI=1S/C21H17ClF5N7O3/c22-16-15(24)18(29-9-20(36,19(28)35)21(25,26)27)31-17(30-16)13-7-14(12-5-6-37-33-12)34(32-13)8-10-3-1-2-4-11(10)23/h1-7,19,35-36H,8-9,28H2,(H,29,30,31). The van der Waals surface area contributed by atoms with E-state index in [4.69, 9.17) is 21.9 Å². The van der Waals surface area contributed by atoms with Crippen LogP contribution < -0.4 is 11.1 Å². The van der Waals surface area contributed by atoms with E-state index in [0.29, 0.717) is 11.4 Å². The van der Waals surface area contributed by atoms with Gasteiger partial charge in [-0.1, -0.05) is 35.0 Å². The lowest BCUT2D eigenvalue weighted by Crippen LogP contribution is -2.62. The molecule has 4 rings (SSSR count). The predicted octanol–water partition coefficient (Wildman–Crippen LogP) is 2.96. The van der Waals surface area contributed by atoms with Gasteiger partial charge in [0.05, 0.1) is 18.8 Å². The van der Waals surface area contributed by atoms with Gasteiger partial charge in [-0.25, -0.2) is 14.4 Å². The number of hydrogen-bond acceptors (Lipinski definition) is 9. The lowest BCUT2D eigenvalue weighted by atomic mass is 10.0. The monoisotopic (exact) mass is 545 g/mol. The van der Waals surface area contributed by atoms with Gasteiger partial charge in [0, 0.05) is 11.6 Å². The number of aliphatic hydroxyl groups is 2. The zero-order valence-electron chi connectivity index (χ0n) is 18.4. The van der Waals surface area contributed by atoms with E-state index in [2.05, 4.69) is 20.2 Å². The molecule has 16 heteroatoms. The number of aliphatic hydroxyl groups excluding tert-OH is 1. The molecule has 1 aromatic carbocycles. The number of nitrogens with one attached hydrogen (secondary N) is 1. The zero-order chi connectivity index (χ0) is 27.0. The molecule has 0 aliphatic rings. The summed E-state index contributed by atoms with van der Waals surface area (Å²) >= 11 is 5.83.